The number of nitrogens with one attached hydrogen (secondary N) is 2. The number of hydrogen-bond donors (Lipinski definition) is 2. The molecule has 3 rings (SSSR count). The molecule has 0 aliphatic rings. The van der Waals surface area contributed by atoms with Crippen molar-refractivity contribution in [1.29, 1.82) is 0 Å². The molecule has 0 aliphatic heterocycles. The molecule has 3 aromatic carbocycles. The number of halogens is 2. The van der Waals surface area contributed by atoms with Crippen LogP contribution >= 0.6 is 23.4 Å². The number of carbonyl (C=O) groups is 2. The van der Waals surface area contributed by atoms with Crippen LogP contribution in [0, 0.1) is 5.82 Å². The number of anilines is 1. The molecule has 0 heterocycles. The van der Waals surface area contributed by atoms with Gasteiger partial charge in [0.1, 0.15) is 11.6 Å². The third kappa shape index (κ3) is 8.05. The van der Waals surface area contributed by atoms with Crippen molar-refractivity contribution in [3.63, 3.8) is 0 Å². The number of amides is 2. The standard InChI is InChI=1S/C23H19ClFN3O3S/c24-17-3-11-21(12-4-17)32-15-23(30)28-26-13-16-1-9-20(10-2-16)31-14-22(29)27-19-7-5-18(25)6-8-19/h1-13H,14-15H2,(H,27,29)(H,28,30)/b26-13-. The Balaban J connectivity index is 1.38. The number of ether oxygens (including phenoxy) is 1. The van der Waals surface area contributed by atoms with Gasteiger partial charge in [-0.3, -0.25) is 9.59 Å². The van der Waals surface area contributed by atoms with Crippen LogP contribution in [-0.4, -0.2) is 30.4 Å². The number of hydrogen-bond acceptors (Lipinski definition) is 5. The molecule has 6 nitrogen and oxygen atoms in total. The third-order valence-electron chi connectivity index (χ3n) is 3.96. The van der Waals surface area contributed by atoms with E-state index in [9.17, 15) is 14.0 Å². The molecule has 164 valence electrons. The highest BCUT2D eigenvalue weighted by Crippen LogP contribution is 2.20. The van der Waals surface area contributed by atoms with Gasteiger partial charge in [0.05, 0.1) is 12.0 Å². The zero-order valence-corrected chi connectivity index (χ0v) is 18.3. The minimum atomic E-state index is -0.376. The molecule has 32 heavy (non-hydrogen) atoms. The number of hydrazone groups is 1. The largest absolute Gasteiger partial charge is 0.484 e. The van der Waals surface area contributed by atoms with Crippen LogP contribution in [0.1, 0.15) is 5.56 Å². The van der Waals surface area contributed by atoms with Gasteiger partial charge in [0.25, 0.3) is 5.91 Å². The van der Waals surface area contributed by atoms with Crippen molar-refractivity contribution in [2.45, 2.75) is 4.90 Å². The van der Waals surface area contributed by atoms with Gasteiger partial charge in [0.2, 0.25) is 5.91 Å². The van der Waals surface area contributed by atoms with Crippen molar-refractivity contribution < 1.29 is 18.7 Å². The summed E-state index contributed by atoms with van der Waals surface area (Å²) in [6, 6.07) is 19.5. The van der Waals surface area contributed by atoms with E-state index in [1.807, 2.05) is 12.1 Å². The van der Waals surface area contributed by atoms with Gasteiger partial charge in [-0.25, -0.2) is 9.82 Å². The molecule has 2 amide bonds. The lowest BCUT2D eigenvalue weighted by Gasteiger charge is -2.07. The lowest BCUT2D eigenvalue weighted by molar-refractivity contribution is -0.119. The quantitative estimate of drug-likeness (QED) is 0.268. The van der Waals surface area contributed by atoms with E-state index in [1.54, 1.807) is 36.4 Å². The Morgan fingerprint density at radius 2 is 1.66 bits per heavy atom. The smallest absolute Gasteiger partial charge is 0.262 e. The maximum Gasteiger partial charge on any atom is 0.262 e. The van der Waals surface area contributed by atoms with E-state index in [4.69, 9.17) is 16.3 Å². The molecule has 0 saturated carbocycles. The fraction of sp³-hybridized carbons (Fsp3) is 0.0870. The predicted molar refractivity (Wildman–Crippen MR) is 125 cm³/mol. The van der Waals surface area contributed by atoms with Crippen molar-refractivity contribution in [3.8, 4) is 5.75 Å². The highest BCUT2D eigenvalue weighted by molar-refractivity contribution is 8.00. The van der Waals surface area contributed by atoms with Gasteiger partial charge in [0.15, 0.2) is 6.61 Å². The summed E-state index contributed by atoms with van der Waals surface area (Å²) >= 11 is 7.22. The first kappa shape index (κ1) is 23.3. The molecule has 0 aliphatic carbocycles. The average Bonchev–Trinajstić information content (AvgIpc) is 2.80. The van der Waals surface area contributed by atoms with E-state index in [-0.39, 0.29) is 30.0 Å². The molecular formula is C23H19ClFN3O3S. The van der Waals surface area contributed by atoms with Crippen LogP contribution in [0.3, 0.4) is 0 Å². The number of nitrogens with zero attached hydrogens (tertiary/aromatic N) is 1. The minimum absolute atomic E-state index is 0.188. The van der Waals surface area contributed by atoms with Crippen LogP contribution in [0.25, 0.3) is 0 Å². The lowest BCUT2D eigenvalue weighted by Crippen LogP contribution is -2.20. The summed E-state index contributed by atoms with van der Waals surface area (Å²) in [6.45, 7) is -0.188. The highest BCUT2D eigenvalue weighted by atomic mass is 35.5. The Labute approximate surface area is 193 Å². The van der Waals surface area contributed by atoms with Crippen LogP contribution in [-0.2, 0) is 9.59 Å². The van der Waals surface area contributed by atoms with Gasteiger partial charge in [0, 0.05) is 15.6 Å². The Morgan fingerprint density at radius 1 is 0.969 bits per heavy atom. The van der Waals surface area contributed by atoms with Gasteiger partial charge in [-0.2, -0.15) is 5.10 Å². The fourth-order valence-electron chi connectivity index (χ4n) is 2.42. The summed E-state index contributed by atoms with van der Waals surface area (Å²) < 4.78 is 18.3. The molecule has 0 bridgehead atoms. The van der Waals surface area contributed by atoms with E-state index >= 15 is 0 Å². The normalized spacial score (nSPS) is 10.7. The monoisotopic (exact) mass is 471 g/mol. The second-order valence-corrected chi connectivity index (χ2v) is 7.93. The van der Waals surface area contributed by atoms with E-state index in [0.29, 0.717) is 16.5 Å². The van der Waals surface area contributed by atoms with E-state index in [0.717, 1.165) is 10.5 Å². The molecule has 0 aromatic heterocycles. The lowest BCUT2D eigenvalue weighted by atomic mass is 10.2. The molecule has 0 radical (unpaired) electrons. The van der Waals surface area contributed by atoms with Crippen LogP contribution in [0.15, 0.2) is 82.8 Å². The highest BCUT2D eigenvalue weighted by Gasteiger charge is 2.05. The number of carbonyl (C=O) groups excluding carboxylic acids is 2. The van der Waals surface area contributed by atoms with Crippen LogP contribution in [0.2, 0.25) is 5.02 Å². The molecule has 2 N–H and O–H groups in total. The summed E-state index contributed by atoms with van der Waals surface area (Å²) in [4.78, 5) is 24.7. The molecule has 0 saturated heterocycles. The second-order valence-electron chi connectivity index (χ2n) is 6.45. The van der Waals surface area contributed by atoms with Crippen molar-refractivity contribution in [2.24, 2.45) is 5.10 Å². The van der Waals surface area contributed by atoms with Gasteiger partial charge in [-0.15, -0.1) is 11.8 Å². The molecule has 0 fully saturated rings. The molecule has 3 aromatic rings. The maximum absolute atomic E-state index is 12.9. The fourth-order valence-corrected chi connectivity index (χ4v) is 3.24. The van der Waals surface area contributed by atoms with Gasteiger partial charge in [-0.05, 0) is 78.4 Å². The summed E-state index contributed by atoms with van der Waals surface area (Å²) in [7, 11) is 0. The van der Waals surface area contributed by atoms with Gasteiger partial charge >= 0.3 is 0 Å². The molecule has 0 unspecified atom stereocenters. The first-order valence-electron chi connectivity index (χ1n) is 9.46. The van der Waals surface area contributed by atoms with Crippen molar-refractivity contribution in [3.05, 3.63) is 89.2 Å². The van der Waals surface area contributed by atoms with Gasteiger partial charge < -0.3 is 10.1 Å². The van der Waals surface area contributed by atoms with Crippen LogP contribution in [0.5, 0.6) is 5.75 Å². The van der Waals surface area contributed by atoms with Crippen molar-refractivity contribution in [2.75, 3.05) is 17.7 Å². The van der Waals surface area contributed by atoms with E-state index < -0.39 is 0 Å². The zero-order chi connectivity index (χ0) is 22.8. The second kappa shape index (κ2) is 11.9. The van der Waals surface area contributed by atoms with E-state index in [2.05, 4.69) is 15.8 Å². The number of benzene rings is 3. The molecule has 0 spiro atoms. The van der Waals surface area contributed by atoms with Crippen LogP contribution < -0.4 is 15.5 Å². The van der Waals surface area contributed by atoms with Gasteiger partial charge in [-0.1, -0.05) is 11.6 Å². The topological polar surface area (TPSA) is 79.8 Å². The summed E-state index contributed by atoms with van der Waals surface area (Å²) in [5, 5.41) is 7.19. The molecule has 0 atom stereocenters. The Hall–Kier alpha value is -3.36. The number of thioether (sulfide) groups is 1. The predicted octanol–water partition coefficient (Wildman–Crippen LogP) is 4.74. The Bertz CT molecular complexity index is 1080. The SMILES string of the molecule is O=C(CSc1ccc(Cl)cc1)N/N=C\c1ccc(OCC(=O)Nc2ccc(F)cc2)cc1. The average molecular weight is 472 g/mol. The first-order valence-corrected chi connectivity index (χ1v) is 10.8. The number of rotatable bonds is 9. The van der Waals surface area contributed by atoms with Crippen molar-refractivity contribution in [1.82, 2.24) is 5.43 Å². The summed E-state index contributed by atoms with van der Waals surface area (Å²) in [5.74, 6) is -0.236. The molecule has 9 heteroatoms. The van der Waals surface area contributed by atoms with Crippen molar-refractivity contribution >= 4 is 47.1 Å². The third-order valence-corrected chi connectivity index (χ3v) is 5.23. The van der Waals surface area contributed by atoms with Crippen LogP contribution in [0.4, 0.5) is 10.1 Å². The summed E-state index contributed by atoms with van der Waals surface area (Å²) in [5.41, 5.74) is 3.71. The van der Waals surface area contributed by atoms with E-state index in [1.165, 1.54) is 42.2 Å². The minimum Gasteiger partial charge on any atom is -0.484 e. The zero-order valence-electron chi connectivity index (χ0n) is 16.8. The first-order chi connectivity index (χ1) is 15.5. The summed E-state index contributed by atoms with van der Waals surface area (Å²) in [6.07, 6.45) is 1.51. The Morgan fingerprint density at radius 3 is 2.34 bits per heavy atom. The maximum atomic E-state index is 12.9. The molecular weight excluding hydrogens is 453 g/mol. The Kier molecular flexibility index (Phi) is 8.65.